The molecule has 1 amide bonds. The van der Waals surface area contributed by atoms with Crippen molar-refractivity contribution < 1.29 is 4.79 Å². The highest BCUT2D eigenvalue weighted by Gasteiger charge is 2.27. The van der Waals surface area contributed by atoms with Crippen molar-refractivity contribution in [1.29, 1.82) is 0 Å². The molecule has 8 heteroatoms. The molecule has 3 heterocycles. The van der Waals surface area contributed by atoms with Crippen molar-refractivity contribution >= 4 is 5.91 Å². The summed E-state index contributed by atoms with van der Waals surface area (Å²) in [5, 5.41) is 18.5. The first kappa shape index (κ1) is 17.4. The molecular formula is C19H23N7O. The zero-order valence-electron chi connectivity index (χ0n) is 15.4. The summed E-state index contributed by atoms with van der Waals surface area (Å²) < 4.78 is 1.59. The van der Waals surface area contributed by atoms with Crippen LogP contribution >= 0.6 is 0 Å². The summed E-state index contributed by atoms with van der Waals surface area (Å²) in [6.07, 6.45) is 5.88. The summed E-state index contributed by atoms with van der Waals surface area (Å²) >= 11 is 0. The second-order valence-electron chi connectivity index (χ2n) is 7.07. The van der Waals surface area contributed by atoms with Gasteiger partial charge >= 0.3 is 0 Å². The lowest BCUT2D eigenvalue weighted by molar-refractivity contribution is -0.132. The standard InChI is InChI=1S/C19H23N7O/c1-14-4-6-15(7-5-14)17-11-20-22-19(17)16-3-2-9-25(12-16)18(27)8-10-26-13-21-23-24-26/h4-7,11,13,16H,2-3,8-10,12H2,1H3,(H,20,22)/t16-/m0/s1. The Labute approximate surface area is 157 Å². The lowest BCUT2D eigenvalue weighted by Gasteiger charge is -2.33. The molecule has 0 spiro atoms. The predicted octanol–water partition coefficient (Wildman–Crippen LogP) is 2.17. The Hall–Kier alpha value is -3.03. The van der Waals surface area contributed by atoms with E-state index < -0.39 is 0 Å². The fourth-order valence-corrected chi connectivity index (χ4v) is 3.66. The van der Waals surface area contributed by atoms with E-state index >= 15 is 0 Å². The number of piperidine rings is 1. The van der Waals surface area contributed by atoms with Crippen molar-refractivity contribution in [2.45, 2.75) is 38.6 Å². The number of nitrogens with one attached hydrogen (secondary N) is 1. The van der Waals surface area contributed by atoms with Crippen LogP contribution in [0.15, 0.2) is 36.8 Å². The van der Waals surface area contributed by atoms with Gasteiger partial charge in [0.25, 0.3) is 0 Å². The molecule has 1 fully saturated rings. The third-order valence-corrected chi connectivity index (χ3v) is 5.16. The van der Waals surface area contributed by atoms with Gasteiger partial charge in [0, 0.05) is 36.7 Å². The Bertz CT molecular complexity index is 885. The fourth-order valence-electron chi connectivity index (χ4n) is 3.66. The maximum atomic E-state index is 12.6. The summed E-state index contributed by atoms with van der Waals surface area (Å²) in [6, 6.07) is 8.48. The Morgan fingerprint density at radius 3 is 2.93 bits per heavy atom. The van der Waals surface area contributed by atoms with Crippen LogP contribution in [0.2, 0.25) is 0 Å². The average molecular weight is 365 g/mol. The van der Waals surface area contributed by atoms with Crippen LogP contribution in [-0.2, 0) is 11.3 Å². The van der Waals surface area contributed by atoms with Crippen LogP contribution in [0.1, 0.15) is 36.4 Å². The third-order valence-electron chi connectivity index (χ3n) is 5.16. The zero-order valence-corrected chi connectivity index (χ0v) is 15.4. The van der Waals surface area contributed by atoms with Gasteiger partial charge in [0.15, 0.2) is 0 Å². The van der Waals surface area contributed by atoms with Gasteiger partial charge < -0.3 is 4.90 Å². The molecule has 1 atom stereocenters. The van der Waals surface area contributed by atoms with E-state index in [0.717, 1.165) is 42.8 Å². The van der Waals surface area contributed by atoms with Gasteiger partial charge in [-0.2, -0.15) is 5.10 Å². The number of carbonyl (C=O) groups excluding carboxylic acids is 1. The van der Waals surface area contributed by atoms with Gasteiger partial charge in [-0.15, -0.1) is 5.10 Å². The fraction of sp³-hybridized carbons (Fsp3) is 0.421. The number of H-pyrrole nitrogens is 1. The predicted molar refractivity (Wildman–Crippen MR) is 99.7 cm³/mol. The highest BCUT2D eigenvalue weighted by Crippen LogP contribution is 2.33. The minimum absolute atomic E-state index is 0.145. The quantitative estimate of drug-likeness (QED) is 0.748. The van der Waals surface area contributed by atoms with E-state index in [9.17, 15) is 4.79 Å². The van der Waals surface area contributed by atoms with Crippen LogP contribution in [-0.4, -0.2) is 54.3 Å². The number of benzene rings is 1. The number of hydrogen-bond acceptors (Lipinski definition) is 5. The van der Waals surface area contributed by atoms with Crippen LogP contribution in [0.5, 0.6) is 0 Å². The Morgan fingerprint density at radius 1 is 1.30 bits per heavy atom. The van der Waals surface area contributed by atoms with Crippen molar-refractivity contribution in [3.8, 4) is 11.1 Å². The lowest BCUT2D eigenvalue weighted by Crippen LogP contribution is -2.39. The van der Waals surface area contributed by atoms with E-state index in [1.54, 1.807) is 4.68 Å². The van der Waals surface area contributed by atoms with Crippen LogP contribution < -0.4 is 0 Å². The van der Waals surface area contributed by atoms with E-state index in [1.165, 1.54) is 11.9 Å². The molecule has 27 heavy (non-hydrogen) atoms. The number of amides is 1. The molecule has 4 rings (SSSR count). The molecule has 1 aliphatic heterocycles. The maximum absolute atomic E-state index is 12.6. The van der Waals surface area contributed by atoms with Crippen molar-refractivity contribution in [3.63, 3.8) is 0 Å². The zero-order chi connectivity index (χ0) is 18.6. The van der Waals surface area contributed by atoms with Crippen LogP contribution in [0.4, 0.5) is 0 Å². The van der Waals surface area contributed by atoms with E-state index in [0.29, 0.717) is 13.0 Å². The molecule has 0 unspecified atom stereocenters. The molecule has 2 aromatic heterocycles. The molecule has 0 radical (unpaired) electrons. The second kappa shape index (κ2) is 7.69. The molecule has 8 nitrogen and oxygen atoms in total. The summed E-state index contributed by atoms with van der Waals surface area (Å²) in [4.78, 5) is 14.6. The van der Waals surface area contributed by atoms with E-state index in [1.807, 2.05) is 11.1 Å². The topological polar surface area (TPSA) is 92.6 Å². The van der Waals surface area contributed by atoms with Gasteiger partial charge in [-0.3, -0.25) is 9.89 Å². The molecule has 3 aromatic rings. The van der Waals surface area contributed by atoms with Crippen molar-refractivity contribution in [3.05, 3.63) is 48.0 Å². The summed E-state index contributed by atoms with van der Waals surface area (Å²) in [6.45, 7) is 4.11. The number of tetrazole rings is 1. The Kier molecular flexibility index (Phi) is 4.95. The number of aromatic nitrogens is 6. The maximum Gasteiger partial charge on any atom is 0.224 e. The van der Waals surface area contributed by atoms with E-state index in [2.05, 4.69) is 56.9 Å². The number of aryl methyl sites for hydroxylation is 2. The molecule has 1 N–H and O–H groups in total. The average Bonchev–Trinajstić information content (AvgIpc) is 3.39. The normalized spacial score (nSPS) is 17.2. The summed E-state index contributed by atoms with van der Waals surface area (Å²) in [5.41, 5.74) is 4.65. The molecule has 1 saturated heterocycles. The number of aromatic amines is 1. The van der Waals surface area contributed by atoms with Crippen LogP contribution in [0, 0.1) is 6.92 Å². The third kappa shape index (κ3) is 3.89. The summed E-state index contributed by atoms with van der Waals surface area (Å²) in [7, 11) is 0. The van der Waals surface area contributed by atoms with Gasteiger partial charge in [0.2, 0.25) is 5.91 Å². The molecular weight excluding hydrogens is 342 g/mol. The van der Waals surface area contributed by atoms with Crippen LogP contribution in [0.3, 0.4) is 0 Å². The van der Waals surface area contributed by atoms with E-state index in [4.69, 9.17) is 0 Å². The number of likely N-dealkylation sites (tertiary alicyclic amines) is 1. The largest absolute Gasteiger partial charge is 0.342 e. The summed E-state index contributed by atoms with van der Waals surface area (Å²) in [5.74, 6) is 0.418. The minimum atomic E-state index is 0.145. The molecule has 0 bridgehead atoms. The van der Waals surface area contributed by atoms with Gasteiger partial charge in [0.1, 0.15) is 6.33 Å². The van der Waals surface area contributed by atoms with Gasteiger partial charge in [-0.1, -0.05) is 29.8 Å². The molecule has 1 aromatic carbocycles. The molecule has 0 saturated carbocycles. The number of nitrogens with zero attached hydrogens (tertiary/aromatic N) is 6. The highest BCUT2D eigenvalue weighted by molar-refractivity contribution is 5.76. The van der Waals surface area contributed by atoms with Gasteiger partial charge in [-0.05, 0) is 35.8 Å². The number of hydrogen-bond donors (Lipinski definition) is 1. The Balaban J connectivity index is 1.45. The SMILES string of the molecule is Cc1ccc(-c2cn[nH]c2[C@H]2CCCN(C(=O)CCn3cnnn3)C2)cc1. The van der Waals surface area contributed by atoms with Crippen molar-refractivity contribution in [2.75, 3.05) is 13.1 Å². The first-order valence-corrected chi connectivity index (χ1v) is 9.29. The first-order chi connectivity index (χ1) is 13.2. The monoisotopic (exact) mass is 365 g/mol. The molecule has 140 valence electrons. The van der Waals surface area contributed by atoms with Gasteiger partial charge in [0.05, 0.1) is 12.7 Å². The van der Waals surface area contributed by atoms with Crippen molar-refractivity contribution in [1.82, 2.24) is 35.3 Å². The Morgan fingerprint density at radius 2 is 2.15 bits per heavy atom. The lowest BCUT2D eigenvalue weighted by atomic mass is 9.90. The number of carbonyl (C=O) groups is 1. The van der Waals surface area contributed by atoms with Crippen molar-refractivity contribution in [2.24, 2.45) is 0 Å². The van der Waals surface area contributed by atoms with E-state index in [-0.39, 0.29) is 11.8 Å². The minimum Gasteiger partial charge on any atom is -0.342 e. The van der Waals surface area contributed by atoms with Crippen LogP contribution in [0.25, 0.3) is 11.1 Å². The second-order valence-corrected chi connectivity index (χ2v) is 7.07. The van der Waals surface area contributed by atoms with Gasteiger partial charge in [-0.25, -0.2) is 4.68 Å². The number of rotatable bonds is 5. The smallest absolute Gasteiger partial charge is 0.224 e. The highest BCUT2D eigenvalue weighted by atomic mass is 16.2. The molecule has 1 aliphatic rings. The first-order valence-electron chi connectivity index (χ1n) is 9.29. The molecule has 0 aliphatic carbocycles.